The molecule has 1 rings (SSSR count). The summed E-state index contributed by atoms with van der Waals surface area (Å²) in [7, 11) is 3.87. The third-order valence-corrected chi connectivity index (χ3v) is 2.58. The van der Waals surface area contributed by atoms with Crippen molar-refractivity contribution in [2.75, 3.05) is 20.6 Å². The van der Waals surface area contributed by atoms with E-state index < -0.39 is 11.6 Å². The average molecular weight is 234 g/mol. The van der Waals surface area contributed by atoms with Crippen molar-refractivity contribution in [2.24, 2.45) is 0 Å². The quantitative estimate of drug-likeness (QED) is 0.723. The molecule has 0 radical (unpaired) electrons. The summed E-state index contributed by atoms with van der Waals surface area (Å²) in [6, 6.07) is 2.17. The van der Waals surface area contributed by atoms with Crippen LogP contribution in [0.2, 0.25) is 5.02 Å². The molecule has 0 bridgehead atoms. The predicted octanol–water partition coefficient (Wildman–Crippen LogP) is 3.11. The molecule has 0 aliphatic carbocycles. The second-order valence-corrected chi connectivity index (χ2v) is 4.11. The Kier molecular flexibility index (Phi) is 4.48. The predicted molar refractivity (Wildman–Crippen MR) is 58.2 cm³/mol. The Labute approximate surface area is 93.7 Å². The van der Waals surface area contributed by atoms with Crippen LogP contribution in [0.3, 0.4) is 0 Å². The van der Waals surface area contributed by atoms with E-state index in [1.54, 1.807) is 0 Å². The second kappa shape index (κ2) is 5.42. The molecule has 15 heavy (non-hydrogen) atoms. The highest BCUT2D eigenvalue weighted by Gasteiger charge is 2.11. The van der Waals surface area contributed by atoms with Crippen LogP contribution in [-0.2, 0) is 6.42 Å². The van der Waals surface area contributed by atoms with Gasteiger partial charge in [0.25, 0.3) is 0 Å². The number of hydrogen-bond acceptors (Lipinski definition) is 1. The van der Waals surface area contributed by atoms with Crippen molar-refractivity contribution in [3.8, 4) is 0 Å². The van der Waals surface area contributed by atoms with Gasteiger partial charge in [-0.1, -0.05) is 11.6 Å². The molecule has 0 spiro atoms. The van der Waals surface area contributed by atoms with E-state index >= 15 is 0 Å². The van der Waals surface area contributed by atoms with Gasteiger partial charge in [-0.15, -0.1) is 0 Å². The zero-order valence-electron chi connectivity index (χ0n) is 8.86. The molecule has 1 aromatic carbocycles. The van der Waals surface area contributed by atoms with Crippen LogP contribution >= 0.6 is 11.6 Å². The fraction of sp³-hybridized carbons (Fsp3) is 0.455. The van der Waals surface area contributed by atoms with Crippen LogP contribution in [0, 0.1) is 11.6 Å². The summed E-state index contributed by atoms with van der Waals surface area (Å²) in [6.45, 7) is 0.826. The molecule has 0 aliphatic heterocycles. The van der Waals surface area contributed by atoms with Gasteiger partial charge >= 0.3 is 0 Å². The van der Waals surface area contributed by atoms with E-state index in [0.29, 0.717) is 6.42 Å². The largest absolute Gasteiger partial charge is 0.309 e. The van der Waals surface area contributed by atoms with Crippen molar-refractivity contribution in [2.45, 2.75) is 12.8 Å². The minimum Gasteiger partial charge on any atom is -0.309 e. The van der Waals surface area contributed by atoms with Gasteiger partial charge in [0.05, 0.1) is 5.02 Å². The molecule has 0 atom stereocenters. The van der Waals surface area contributed by atoms with E-state index in [-0.39, 0.29) is 10.6 Å². The minimum absolute atomic E-state index is 0.0891. The second-order valence-electron chi connectivity index (χ2n) is 3.73. The molecular weight excluding hydrogens is 220 g/mol. The Morgan fingerprint density at radius 1 is 1.20 bits per heavy atom. The van der Waals surface area contributed by atoms with Crippen molar-refractivity contribution < 1.29 is 8.78 Å². The lowest BCUT2D eigenvalue weighted by atomic mass is 10.1. The smallest absolute Gasteiger partial charge is 0.142 e. The Morgan fingerprint density at radius 2 is 1.80 bits per heavy atom. The number of rotatable bonds is 4. The maximum absolute atomic E-state index is 13.3. The first kappa shape index (κ1) is 12.4. The first-order valence-electron chi connectivity index (χ1n) is 4.79. The zero-order valence-corrected chi connectivity index (χ0v) is 9.61. The van der Waals surface area contributed by atoms with Gasteiger partial charge in [-0.25, -0.2) is 8.78 Å². The molecule has 0 saturated carbocycles. The van der Waals surface area contributed by atoms with E-state index in [4.69, 9.17) is 11.6 Å². The number of benzene rings is 1. The van der Waals surface area contributed by atoms with Gasteiger partial charge < -0.3 is 4.90 Å². The third kappa shape index (κ3) is 3.43. The summed E-state index contributed by atoms with van der Waals surface area (Å²) in [4.78, 5) is 1.99. The van der Waals surface area contributed by atoms with Crippen LogP contribution < -0.4 is 0 Å². The number of hydrogen-bond donors (Lipinski definition) is 0. The van der Waals surface area contributed by atoms with Crippen LogP contribution in [0.4, 0.5) is 8.78 Å². The maximum Gasteiger partial charge on any atom is 0.142 e. The monoisotopic (exact) mass is 233 g/mol. The molecule has 1 aromatic rings. The zero-order chi connectivity index (χ0) is 11.4. The normalized spacial score (nSPS) is 11.1. The van der Waals surface area contributed by atoms with Crippen molar-refractivity contribution in [3.05, 3.63) is 34.4 Å². The minimum atomic E-state index is -0.557. The third-order valence-electron chi connectivity index (χ3n) is 2.17. The molecule has 4 heteroatoms. The molecule has 0 amide bonds. The highest BCUT2D eigenvalue weighted by Crippen LogP contribution is 2.23. The van der Waals surface area contributed by atoms with Gasteiger partial charge in [0.15, 0.2) is 0 Å². The molecule has 84 valence electrons. The molecular formula is C11H14ClF2N. The van der Waals surface area contributed by atoms with E-state index in [9.17, 15) is 8.78 Å². The van der Waals surface area contributed by atoms with Crippen molar-refractivity contribution in [1.29, 1.82) is 0 Å². The van der Waals surface area contributed by atoms with Crippen molar-refractivity contribution >= 4 is 11.6 Å². The van der Waals surface area contributed by atoms with Crippen LogP contribution in [0.25, 0.3) is 0 Å². The SMILES string of the molecule is CN(C)CCCc1c(F)ccc(F)c1Cl. The van der Waals surface area contributed by atoms with Crippen molar-refractivity contribution in [1.82, 2.24) is 4.90 Å². The van der Waals surface area contributed by atoms with E-state index in [1.165, 1.54) is 0 Å². The summed E-state index contributed by atoms with van der Waals surface area (Å²) in [5, 5.41) is -0.0891. The molecule has 0 unspecified atom stereocenters. The molecule has 1 nitrogen and oxygen atoms in total. The lowest BCUT2D eigenvalue weighted by molar-refractivity contribution is 0.398. The van der Waals surface area contributed by atoms with Gasteiger partial charge in [-0.2, -0.15) is 0 Å². The lowest BCUT2D eigenvalue weighted by Gasteiger charge is -2.10. The Morgan fingerprint density at radius 3 is 2.40 bits per heavy atom. The number of nitrogens with zero attached hydrogens (tertiary/aromatic N) is 1. The van der Waals surface area contributed by atoms with E-state index in [0.717, 1.165) is 25.1 Å². The molecule has 0 heterocycles. The summed E-state index contributed by atoms with van der Waals surface area (Å²) in [6.07, 6.45) is 1.22. The van der Waals surface area contributed by atoms with Gasteiger partial charge in [0, 0.05) is 5.56 Å². The maximum atomic E-state index is 13.3. The van der Waals surface area contributed by atoms with Crippen LogP contribution in [0.1, 0.15) is 12.0 Å². The fourth-order valence-electron chi connectivity index (χ4n) is 1.37. The molecule has 0 fully saturated rings. The first-order chi connectivity index (χ1) is 7.02. The Balaban J connectivity index is 2.71. The summed E-state index contributed by atoms with van der Waals surface area (Å²) >= 11 is 5.69. The number of halogens is 3. The van der Waals surface area contributed by atoms with Gasteiger partial charge in [0.2, 0.25) is 0 Å². The van der Waals surface area contributed by atoms with E-state index in [2.05, 4.69) is 0 Å². The van der Waals surface area contributed by atoms with Gasteiger partial charge in [-0.05, 0) is 45.6 Å². The highest BCUT2D eigenvalue weighted by atomic mass is 35.5. The standard InChI is InChI=1S/C11H14ClF2N/c1-15(2)7-3-4-8-9(13)5-6-10(14)11(8)12/h5-6H,3-4,7H2,1-2H3. The summed E-state index contributed by atoms with van der Waals surface area (Å²) in [5.41, 5.74) is 0.276. The summed E-state index contributed by atoms with van der Waals surface area (Å²) < 4.78 is 26.3. The summed E-state index contributed by atoms with van der Waals surface area (Å²) in [5.74, 6) is -0.988. The van der Waals surface area contributed by atoms with Crippen LogP contribution in [0.15, 0.2) is 12.1 Å². The van der Waals surface area contributed by atoms with Crippen LogP contribution in [-0.4, -0.2) is 25.5 Å². The molecule has 0 saturated heterocycles. The topological polar surface area (TPSA) is 3.24 Å². The Bertz CT molecular complexity index is 340. The first-order valence-corrected chi connectivity index (χ1v) is 5.17. The lowest BCUT2D eigenvalue weighted by Crippen LogP contribution is -2.13. The van der Waals surface area contributed by atoms with E-state index in [1.807, 2.05) is 19.0 Å². The van der Waals surface area contributed by atoms with Gasteiger partial charge in [-0.3, -0.25) is 0 Å². The van der Waals surface area contributed by atoms with Gasteiger partial charge in [0.1, 0.15) is 11.6 Å². The molecule has 0 aliphatic rings. The molecule has 0 aromatic heterocycles. The fourth-order valence-corrected chi connectivity index (χ4v) is 1.62. The Hall–Kier alpha value is -0.670. The van der Waals surface area contributed by atoms with Crippen molar-refractivity contribution in [3.63, 3.8) is 0 Å². The average Bonchev–Trinajstić information content (AvgIpc) is 2.17. The highest BCUT2D eigenvalue weighted by molar-refractivity contribution is 6.31. The molecule has 0 N–H and O–H groups in total. The van der Waals surface area contributed by atoms with Crippen LogP contribution in [0.5, 0.6) is 0 Å².